The van der Waals surface area contributed by atoms with Crippen molar-refractivity contribution in [2.45, 2.75) is 25.8 Å². The highest BCUT2D eigenvalue weighted by Crippen LogP contribution is 2.25. The molecule has 1 unspecified atom stereocenters. The highest BCUT2D eigenvalue weighted by Gasteiger charge is 2.13. The first-order valence-electron chi connectivity index (χ1n) is 6.92. The predicted octanol–water partition coefficient (Wildman–Crippen LogP) is 5.28. The Bertz CT molecular complexity index is 520. The lowest BCUT2D eigenvalue weighted by atomic mass is 9.98. The quantitative estimate of drug-likeness (QED) is 0.766. The summed E-state index contributed by atoms with van der Waals surface area (Å²) in [4.78, 5) is 0. The molecule has 1 nitrogen and oxygen atoms in total. The molecule has 0 aliphatic heterocycles. The van der Waals surface area contributed by atoms with Gasteiger partial charge in [-0.3, -0.25) is 0 Å². The second-order valence-corrected chi connectivity index (χ2v) is 5.77. The number of hydrogen-bond donors (Lipinski definition) is 1. The molecule has 0 fully saturated rings. The highest BCUT2D eigenvalue weighted by molar-refractivity contribution is 6.34. The van der Waals surface area contributed by atoms with Gasteiger partial charge in [0.1, 0.15) is 0 Å². The lowest BCUT2D eigenvalue weighted by Gasteiger charge is -2.20. The lowest BCUT2D eigenvalue weighted by molar-refractivity contribution is 0.529. The second kappa shape index (κ2) is 7.68. The summed E-state index contributed by atoms with van der Waals surface area (Å²) in [5, 5.41) is 4.94. The normalized spacial score (nSPS) is 12.3. The van der Waals surface area contributed by atoms with Crippen molar-refractivity contribution in [3.8, 4) is 0 Å². The fourth-order valence-corrected chi connectivity index (χ4v) is 2.80. The van der Waals surface area contributed by atoms with Crippen molar-refractivity contribution in [1.82, 2.24) is 5.32 Å². The van der Waals surface area contributed by atoms with Crippen LogP contribution in [0.15, 0.2) is 48.5 Å². The molecule has 106 valence electrons. The van der Waals surface area contributed by atoms with Crippen LogP contribution in [0.4, 0.5) is 0 Å². The van der Waals surface area contributed by atoms with Gasteiger partial charge >= 0.3 is 0 Å². The van der Waals surface area contributed by atoms with E-state index >= 15 is 0 Å². The van der Waals surface area contributed by atoms with Gasteiger partial charge in [-0.1, -0.05) is 60.5 Å². The maximum Gasteiger partial charge on any atom is 0.0424 e. The van der Waals surface area contributed by atoms with Gasteiger partial charge in [-0.15, -0.1) is 0 Å². The van der Waals surface area contributed by atoms with Gasteiger partial charge in [0.2, 0.25) is 0 Å². The zero-order valence-electron chi connectivity index (χ0n) is 11.6. The van der Waals surface area contributed by atoms with E-state index in [2.05, 4.69) is 36.5 Å². The summed E-state index contributed by atoms with van der Waals surface area (Å²) in [7, 11) is 0. The molecule has 0 spiro atoms. The number of hydrogen-bond acceptors (Lipinski definition) is 1. The molecule has 0 aromatic heterocycles. The lowest BCUT2D eigenvalue weighted by Crippen LogP contribution is -2.24. The van der Waals surface area contributed by atoms with E-state index in [9.17, 15) is 0 Å². The van der Waals surface area contributed by atoms with E-state index in [4.69, 9.17) is 23.2 Å². The maximum absolute atomic E-state index is 6.12. The van der Waals surface area contributed by atoms with Crippen LogP contribution in [-0.4, -0.2) is 6.54 Å². The third-order valence-corrected chi connectivity index (χ3v) is 3.65. The molecule has 2 rings (SSSR count). The van der Waals surface area contributed by atoms with Gasteiger partial charge in [0.05, 0.1) is 0 Å². The minimum Gasteiger partial charge on any atom is -0.310 e. The molecule has 0 saturated heterocycles. The van der Waals surface area contributed by atoms with Gasteiger partial charge < -0.3 is 5.32 Å². The van der Waals surface area contributed by atoms with E-state index in [-0.39, 0.29) is 6.04 Å². The smallest absolute Gasteiger partial charge is 0.0424 e. The van der Waals surface area contributed by atoms with Crippen molar-refractivity contribution in [2.24, 2.45) is 0 Å². The van der Waals surface area contributed by atoms with Crippen molar-refractivity contribution in [3.05, 3.63) is 69.7 Å². The van der Waals surface area contributed by atoms with Crippen LogP contribution in [0.5, 0.6) is 0 Å². The van der Waals surface area contributed by atoms with E-state index < -0.39 is 0 Å². The molecule has 20 heavy (non-hydrogen) atoms. The minimum absolute atomic E-state index is 0.230. The first kappa shape index (κ1) is 15.4. The molecule has 3 heteroatoms. The third kappa shape index (κ3) is 4.52. The van der Waals surface area contributed by atoms with Gasteiger partial charge in [-0.2, -0.15) is 0 Å². The predicted molar refractivity (Wildman–Crippen MR) is 87.6 cm³/mol. The summed E-state index contributed by atoms with van der Waals surface area (Å²) >= 11 is 12.2. The molecular formula is C17H19Cl2N. The fraction of sp³-hybridized carbons (Fsp3) is 0.294. The van der Waals surface area contributed by atoms with Gasteiger partial charge in [-0.25, -0.2) is 0 Å². The number of benzene rings is 2. The molecule has 2 aromatic rings. The first-order valence-corrected chi connectivity index (χ1v) is 7.68. The van der Waals surface area contributed by atoms with Crippen molar-refractivity contribution >= 4 is 23.2 Å². The summed E-state index contributed by atoms with van der Waals surface area (Å²) in [6.45, 7) is 3.14. The van der Waals surface area contributed by atoms with Crippen molar-refractivity contribution in [1.29, 1.82) is 0 Å². The van der Waals surface area contributed by atoms with Crippen LogP contribution in [0.25, 0.3) is 0 Å². The molecule has 0 radical (unpaired) electrons. The Morgan fingerprint density at radius 2 is 1.65 bits per heavy atom. The molecule has 1 atom stereocenters. The Morgan fingerprint density at radius 3 is 2.25 bits per heavy atom. The molecule has 1 N–H and O–H groups in total. The zero-order chi connectivity index (χ0) is 14.4. The molecule has 0 amide bonds. The first-order chi connectivity index (χ1) is 9.69. The van der Waals surface area contributed by atoms with E-state index in [0.717, 1.165) is 24.9 Å². The number of nitrogens with one attached hydrogen (secondary N) is 1. The van der Waals surface area contributed by atoms with Crippen LogP contribution < -0.4 is 5.32 Å². The standard InChI is InChI=1S/C17H19Cl2N/c1-2-8-20-17(9-13-6-4-3-5-7-13)14-10-15(18)12-16(19)11-14/h3-7,10-12,17,20H,2,8-9H2,1H3. The van der Waals surface area contributed by atoms with Gasteiger partial charge in [-0.05, 0) is 48.7 Å². The van der Waals surface area contributed by atoms with E-state index in [1.807, 2.05) is 18.2 Å². The third-order valence-electron chi connectivity index (χ3n) is 3.21. The highest BCUT2D eigenvalue weighted by atomic mass is 35.5. The average molecular weight is 308 g/mol. The van der Waals surface area contributed by atoms with Crippen molar-refractivity contribution in [2.75, 3.05) is 6.54 Å². The van der Waals surface area contributed by atoms with E-state index in [1.54, 1.807) is 6.07 Å². The summed E-state index contributed by atoms with van der Waals surface area (Å²) in [6, 6.07) is 16.4. The number of halogens is 2. The molecule has 0 aliphatic rings. The van der Waals surface area contributed by atoms with Crippen LogP contribution in [0.3, 0.4) is 0 Å². The molecule has 0 bridgehead atoms. The summed E-state index contributed by atoms with van der Waals surface area (Å²) in [6.07, 6.45) is 2.02. The molecule has 0 aliphatic carbocycles. The maximum atomic E-state index is 6.12. The minimum atomic E-state index is 0.230. The Kier molecular flexibility index (Phi) is 5.90. The van der Waals surface area contributed by atoms with Crippen LogP contribution in [0.2, 0.25) is 10.0 Å². The van der Waals surface area contributed by atoms with Gasteiger partial charge in [0.15, 0.2) is 0 Å². The second-order valence-electron chi connectivity index (χ2n) is 4.90. The van der Waals surface area contributed by atoms with Crippen LogP contribution in [-0.2, 0) is 6.42 Å². The zero-order valence-corrected chi connectivity index (χ0v) is 13.1. The Balaban J connectivity index is 2.22. The largest absolute Gasteiger partial charge is 0.310 e. The molecule has 0 saturated carbocycles. The van der Waals surface area contributed by atoms with E-state index in [0.29, 0.717) is 10.0 Å². The fourth-order valence-electron chi connectivity index (χ4n) is 2.25. The monoisotopic (exact) mass is 307 g/mol. The topological polar surface area (TPSA) is 12.0 Å². The SMILES string of the molecule is CCCNC(Cc1ccccc1)c1cc(Cl)cc(Cl)c1. The molecular weight excluding hydrogens is 289 g/mol. The van der Waals surface area contributed by atoms with Crippen LogP contribution in [0, 0.1) is 0 Å². The van der Waals surface area contributed by atoms with Gasteiger partial charge in [0.25, 0.3) is 0 Å². The Morgan fingerprint density at radius 1 is 1.00 bits per heavy atom. The average Bonchev–Trinajstić information content (AvgIpc) is 2.43. The van der Waals surface area contributed by atoms with Crippen molar-refractivity contribution < 1.29 is 0 Å². The number of rotatable bonds is 6. The summed E-state index contributed by atoms with van der Waals surface area (Å²) in [5.41, 5.74) is 2.44. The van der Waals surface area contributed by atoms with Crippen molar-refractivity contribution in [3.63, 3.8) is 0 Å². The van der Waals surface area contributed by atoms with Crippen LogP contribution in [0.1, 0.15) is 30.5 Å². The molecule has 2 aromatic carbocycles. The summed E-state index contributed by atoms with van der Waals surface area (Å²) < 4.78 is 0. The molecule has 0 heterocycles. The Labute approximate surface area is 130 Å². The Hall–Kier alpha value is -1.02. The van der Waals surface area contributed by atoms with Gasteiger partial charge in [0, 0.05) is 16.1 Å². The summed E-state index contributed by atoms with van der Waals surface area (Å²) in [5.74, 6) is 0. The van der Waals surface area contributed by atoms with Crippen LogP contribution >= 0.6 is 23.2 Å². The van der Waals surface area contributed by atoms with E-state index in [1.165, 1.54) is 5.56 Å².